The molecule has 0 aliphatic carbocycles. The Morgan fingerprint density at radius 2 is 1.76 bits per heavy atom. The van der Waals surface area contributed by atoms with Crippen molar-refractivity contribution in [3.8, 4) is 0 Å². The standard InChI is InChI=1S/C16H14Cl2O4S3/c1-2-25(21,22)11-4-6-13(12(18)8-11)24-15-7-10(17)3-5-14(15)23-9-16(19)20/h3-8H,2,9H2,1H3,(H,19,20). The van der Waals surface area contributed by atoms with Crippen LogP contribution in [0.2, 0.25) is 10.0 Å². The van der Waals surface area contributed by atoms with Crippen LogP contribution in [-0.2, 0) is 14.6 Å². The Bertz CT molecular complexity index is 898. The summed E-state index contributed by atoms with van der Waals surface area (Å²) in [6.07, 6.45) is 0. The lowest BCUT2D eigenvalue weighted by Crippen LogP contribution is -2.03. The first kappa shape index (κ1) is 20.5. The first-order chi connectivity index (χ1) is 11.7. The van der Waals surface area contributed by atoms with Crippen molar-refractivity contribution in [2.45, 2.75) is 26.5 Å². The zero-order valence-electron chi connectivity index (χ0n) is 13.0. The minimum Gasteiger partial charge on any atom is -0.481 e. The van der Waals surface area contributed by atoms with E-state index in [1.165, 1.54) is 35.7 Å². The van der Waals surface area contributed by atoms with Crippen molar-refractivity contribution in [1.29, 1.82) is 0 Å². The SMILES string of the molecule is CCS(=O)(=O)c1ccc(Sc2cc(Cl)ccc2SCC(=O)O)c(Cl)c1. The molecule has 0 amide bonds. The van der Waals surface area contributed by atoms with E-state index in [0.29, 0.717) is 14.9 Å². The maximum absolute atomic E-state index is 11.9. The van der Waals surface area contributed by atoms with Gasteiger partial charge in [0.1, 0.15) is 0 Å². The van der Waals surface area contributed by atoms with Gasteiger partial charge in [-0.3, -0.25) is 4.79 Å². The number of rotatable bonds is 7. The number of thioether (sulfide) groups is 1. The maximum Gasteiger partial charge on any atom is 0.313 e. The van der Waals surface area contributed by atoms with Gasteiger partial charge in [0.25, 0.3) is 0 Å². The molecule has 4 nitrogen and oxygen atoms in total. The van der Waals surface area contributed by atoms with Gasteiger partial charge in [-0.15, -0.1) is 11.8 Å². The van der Waals surface area contributed by atoms with E-state index >= 15 is 0 Å². The van der Waals surface area contributed by atoms with Crippen LogP contribution in [0.1, 0.15) is 6.92 Å². The molecule has 0 aliphatic heterocycles. The van der Waals surface area contributed by atoms with Crippen molar-refractivity contribution < 1.29 is 18.3 Å². The number of carbonyl (C=O) groups is 1. The predicted octanol–water partition coefficient (Wildman–Crippen LogP) is 5.11. The van der Waals surface area contributed by atoms with Crippen molar-refractivity contribution in [2.24, 2.45) is 0 Å². The summed E-state index contributed by atoms with van der Waals surface area (Å²) in [5.41, 5.74) is 0. The van der Waals surface area contributed by atoms with Crippen molar-refractivity contribution in [1.82, 2.24) is 0 Å². The van der Waals surface area contributed by atoms with E-state index in [1.54, 1.807) is 31.2 Å². The number of sulfone groups is 1. The summed E-state index contributed by atoms with van der Waals surface area (Å²) >= 11 is 14.8. The van der Waals surface area contributed by atoms with Crippen LogP contribution in [0.3, 0.4) is 0 Å². The van der Waals surface area contributed by atoms with Gasteiger partial charge in [0, 0.05) is 19.7 Å². The van der Waals surface area contributed by atoms with Gasteiger partial charge in [-0.25, -0.2) is 8.42 Å². The molecule has 0 spiro atoms. The quantitative estimate of drug-likeness (QED) is 0.607. The van der Waals surface area contributed by atoms with E-state index in [1.807, 2.05) is 0 Å². The van der Waals surface area contributed by atoms with Crippen LogP contribution in [0, 0.1) is 0 Å². The Morgan fingerprint density at radius 1 is 1.08 bits per heavy atom. The van der Waals surface area contributed by atoms with Crippen LogP contribution >= 0.6 is 46.7 Å². The van der Waals surface area contributed by atoms with Crippen LogP contribution in [0.4, 0.5) is 0 Å². The van der Waals surface area contributed by atoms with Gasteiger partial charge in [-0.2, -0.15) is 0 Å². The summed E-state index contributed by atoms with van der Waals surface area (Å²) < 4.78 is 23.9. The maximum atomic E-state index is 11.9. The Balaban J connectivity index is 2.33. The molecular formula is C16H14Cl2O4S3. The molecule has 1 N–H and O–H groups in total. The summed E-state index contributed by atoms with van der Waals surface area (Å²) in [7, 11) is -3.33. The van der Waals surface area contributed by atoms with Crippen molar-refractivity contribution in [2.75, 3.05) is 11.5 Å². The Hall–Kier alpha value is -0.860. The van der Waals surface area contributed by atoms with Crippen LogP contribution < -0.4 is 0 Å². The first-order valence-electron chi connectivity index (χ1n) is 7.07. The van der Waals surface area contributed by atoms with Gasteiger partial charge in [0.15, 0.2) is 9.84 Å². The van der Waals surface area contributed by atoms with Crippen LogP contribution in [0.25, 0.3) is 0 Å². The van der Waals surface area contributed by atoms with Gasteiger partial charge in [0.2, 0.25) is 0 Å². The monoisotopic (exact) mass is 436 g/mol. The smallest absolute Gasteiger partial charge is 0.313 e. The van der Waals surface area contributed by atoms with Crippen molar-refractivity contribution in [3.05, 3.63) is 46.4 Å². The van der Waals surface area contributed by atoms with Gasteiger partial charge in [0.05, 0.1) is 21.4 Å². The summed E-state index contributed by atoms with van der Waals surface area (Å²) in [4.78, 5) is 13.1. The summed E-state index contributed by atoms with van der Waals surface area (Å²) in [5.74, 6) is -0.987. The molecule has 0 unspecified atom stereocenters. The Labute approximate surface area is 164 Å². The predicted molar refractivity (Wildman–Crippen MR) is 103 cm³/mol. The first-order valence-corrected chi connectivity index (χ1v) is 11.3. The highest BCUT2D eigenvalue weighted by molar-refractivity contribution is 8.02. The zero-order valence-corrected chi connectivity index (χ0v) is 17.0. The number of halogens is 2. The number of aliphatic carboxylic acids is 1. The summed E-state index contributed by atoms with van der Waals surface area (Å²) in [6, 6.07) is 9.75. The third-order valence-electron chi connectivity index (χ3n) is 3.12. The third-order valence-corrected chi connectivity index (χ3v) is 7.83. The van der Waals surface area contributed by atoms with Gasteiger partial charge < -0.3 is 5.11 Å². The van der Waals surface area contributed by atoms with Crippen molar-refractivity contribution in [3.63, 3.8) is 0 Å². The topological polar surface area (TPSA) is 71.4 Å². The molecule has 0 atom stereocenters. The minimum atomic E-state index is -3.33. The third kappa shape index (κ3) is 5.56. The number of benzene rings is 2. The number of hydrogen-bond donors (Lipinski definition) is 1. The number of hydrogen-bond acceptors (Lipinski definition) is 5. The minimum absolute atomic E-state index is 0.0000874. The van der Waals surface area contributed by atoms with E-state index in [-0.39, 0.29) is 16.4 Å². The molecule has 2 rings (SSSR count). The molecule has 0 aliphatic rings. The fourth-order valence-corrected chi connectivity index (χ4v) is 5.20. The molecule has 0 saturated heterocycles. The Morgan fingerprint density at radius 3 is 2.36 bits per heavy atom. The largest absolute Gasteiger partial charge is 0.481 e. The van der Waals surface area contributed by atoms with Crippen molar-refractivity contribution >= 4 is 62.5 Å². The molecule has 9 heteroatoms. The van der Waals surface area contributed by atoms with Crippen LogP contribution in [0.5, 0.6) is 0 Å². The molecule has 2 aromatic carbocycles. The fourth-order valence-electron chi connectivity index (χ4n) is 1.86. The lowest BCUT2D eigenvalue weighted by Gasteiger charge is -2.11. The molecule has 0 fully saturated rings. The molecule has 134 valence electrons. The fraction of sp³-hybridized carbons (Fsp3) is 0.188. The molecule has 2 aromatic rings. The van der Waals surface area contributed by atoms with E-state index in [2.05, 4.69) is 0 Å². The molecule has 0 radical (unpaired) electrons. The second-order valence-electron chi connectivity index (χ2n) is 4.87. The summed E-state index contributed by atoms with van der Waals surface area (Å²) in [6.45, 7) is 1.57. The molecule has 0 heterocycles. The summed E-state index contributed by atoms with van der Waals surface area (Å²) in [5, 5.41) is 9.68. The van der Waals surface area contributed by atoms with E-state index in [9.17, 15) is 13.2 Å². The molecular weight excluding hydrogens is 423 g/mol. The highest BCUT2D eigenvalue weighted by Gasteiger charge is 2.15. The second kappa shape index (κ2) is 8.68. The average molecular weight is 437 g/mol. The highest BCUT2D eigenvalue weighted by atomic mass is 35.5. The molecule has 0 saturated carbocycles. The van der Waals surface area contributed by atoms with Crippen LogP contribution in [-0.4, -0.2) is 31.0 Å². The molecule has 25 heavy (non-hydrogen) atoms. The van der Waals surface area contributed by atoms with Gasteiger partial charge >= 0.3 is 5.97 Å². The lowest BCUT2D eigenvalue weighted by atomic mass is 10.3. The number of carboxylic acids is 1. The van der Waals surface area contributed by atoms with Gasteiger partial charge in [-0.1, -0.05) is 41.9 Å². The average Bonchev–Trinajstić information content (AvgIpc) is 2.55. The van der Waals surface area contributed by atoms with Gasteiger partial charge in [-0.05, 0) is 36.4 Å². The second-order valence-corrected chi connectivity index (χ2v) is 10.1. The number of carboxylic acid groups (broad SMARTS) is 1. The zero-order chi connectivity index (χ0) is 18.6. The van der Waals surface area contributed by atoms with E-state index < -0.39 is 15.8 Å². The molecule has 0 bridgehead atoms. The van der Waals surface area contributed by atoms with E-state index in [4.69, 9.17) is 28.3 Å². The van der Waals surface area contributed by atoms with Crippen LogP contribution in [0.15, 0.2) is 56.0 Å². The highest BCUT2D eigenvalue weighted by Crippen LogP contribution is 2.40. The van der Waals surface area contributed by atoms with E-state index in [0.717, 1.165) is 9.79 Å². The molecule has 0 aromatic heterocycles. The lowest BCUT2D eigenvalue weighted by molar-refractivity contribution is -0.133. The normalized spacial score (nSPS) is 11.5. The Kier molecular flexibility index (Phi) is 7.10.